The summed E-state index contributed by atoms with van der Waals surface area (Å²) < 4.78 is 7.18. The molecule has 4 heteroatoms. The molecular formula is C13H17N3O. The van der Waals surface area contributed by atoms with Gasteiger partial charge < -0.3 is 10.5 Å². The van der Waals surface area contributed by atoms with Crippen LogP contribution < -0.4 is 10.5 Å². The molecule has 0 spiro atoms. The van der Waals surface area contributed by atoms with Crippen LogP contribution in [0.4, 0.5) is 0 Å². The van der Waals surface area contributed by atoms with Crippen molar-refractivity contribution in [3.8, 4) is 11.4 Å². The number of methoxy groups -OCH3 is 1. The number of benzene rings is 1. The van der Waals surface area contributed by atoms with Crippen LogP contribution in [0.15, 0.2) is 30.5 Å². The first kappa shape index (κ1) is 11.7. The summed E-state index contributed by atoms with van der Waals surface area (Å²) in [5.41, 5.74) is 8.93. The third kappa shape index (κ3) is 2.17. The Balaban J connectivity index is 2.60. The molecule has 0 aliphatic rings. The molecule has 1 aromatic heterocycles. The fourth-order valence-corrected chi connectivity index (χ4v) is 1.92. The second kappa shape index (κ2) is 4.59. The lowest BCUT2D eigenvalue weighted by molar-refractivity contribution is 0.406. The molecule has 0 aliphatic heterocycles. The normalized spacial score (nSPS) is 12.5. The fraction of sp³-hybridized carbons (Fsp3) is 0.308. The van der Waals surface area contributed by atoms with Crippen molar-refractivity contribution in [1.82, 2.24) is 9.78 Å². The lowest BCUT2D eigenvalue weighted by Gasteiger charge is -2.16. The second-order valence-electron chi connectivity index (χ2n) is 4.08. The van der Waals surface area contributed by atoms with Crippen LogP contribution in [0, 0.1) is 6.92 Å². The zero-order chi connectivity index (χ0) is 12.4. The predicted octanol–water partition coefficient (Wildman–Crippen LogP) is 2.21. The van der Waals surface area contributed by atoms with Crippen molar-refractivity contribution in [2.24, 2.45) is 5.73 Å². The molecule has 0 saturated carbocycles. The third-order valence-electron chi connectivity index (χ3n) is 2.69. The van der Waals surface area contributed by atoms with Gasteiger partial charge in [-0.25, -0.2) is 4.68 Å². The monoisotopic (exact) mass is 231 g/mol. The lowest BCUT2D eigenvalue weighted by Crippen LogP contribution is -2.12. The van der Waals surface area contributed by atoms with Crippen molar-refractivity contribution in [3.63, 3.8) is 0 Å². The molecule has 0 bridgehead atoms. The number of nitrogens with zero attached hydrogens (tertiary/aromatic N) is 2. The maximum absolute atomic E-state index is 6.01. The summed E-state index contributed by atoms with van der Waals surface area (Å²) in [6, 6.07) is 7.71. The van der Waals surface area contributed by atoms with Gasteiger partial charge in [-0.1, -0.05) is 6.07 Å². The number of aromatic nitrogens is 2. The number of ether oxygens (including phenoxy) is 1. The molecule has 17 heavy (non-hydrogen) atoms. The quantitative estimate of drug-likeness (QED) is 0.881. The van der Waals surface area contributed by atoms with Gasteiger partial charge in [-0.3, -0.25) is 0 Å². The van der Waals surface area contributed by atoms with E-state index in [0.29, 0.717) is 0 Å². The molecule has 2 aromatic rings. The first-order valence-electron chi connectivity index (χ1n) is 5.58. The van der Waals surface area contributed by atoms with Crippen LogP contribution in [0.5, 0.6) is 5.75 Å². The molecular weight excluding hydrogens is 214 g/mol. The highest BCUT2D eigenvalue weighted by atomic mass is 16.5. The number of rotatable bonds is 3. The summed E-state index contributed by atoms with van der Waals surface area (Å²) in [5.74, 6) is 0.797. The largest absolute Gasteiger partial charge is 0.496 e. The van der Waals surface area contributed by atoms with Crippen LogP contribution in [-0.4, -0.2) is 16.9 Å². The Morgan fingerprint density at radius 2 is 2.12 bits per heavy atom. The van der Waals surface area contributed by atoms with E-state index >= 15 is 0 Å². The Kier molecular flexibility index (Phi) is 3.15. The Bertz CT molecular complexity index is 517. The molecule has 1 atom stereocenters. The topological polar surface area (TPSA) is 53.1 Å². The van der Waals surface area contributed by atoms with Gasteiger partial charge >= 0.3 is 0 Å². The zero-order valence-electron chi connectivity index (χ0n) is 10.3. The molecule has 0 amide bonds. The lowest BCUT2D eigenvalue weighted by atomic mass is 10.1. The van der Waals surface area contributed by atoms with Gasteiger partial charge in [0, 0.05) is 17.8 Å². The van der Waals surface area contributed by atoms with E-state index in [1.165, 1.54) is 0 Å². The van der Waals surface area contributed by atoms with Crippen LogP contribution >= 0.6 is 0 Å². The zero-order valence-corrected chi connectivity index (χ0v) is 10.3. The van der Waals surface area contributed by atoms with Crippen molar-refractivity contribution in [2.75, 3.05) is 7.11 Å². The van der Waals surface area contributed by atoms with Gasteiger partial charge in [0.1, 0.15) is 5.75 Å². The van der Waals surface area contributed by atoms with Crippen molar-refractivity contribution < 1.29 is 4.74 Å². The number of hydrogen-bond acceptors (Lipinski definition) is 3. The molecule has 4 nitrogen and oxygen atoms in total. The molecule has 1 heterocycles. The minimum absolute atomic E-state index is 0.106. The molecule has 1 unspecified atom stereocenters. The van der Waals surface area contributed by atoms with E-state index < -0.39 is 0 Å². The predicted molar refractivity (Wildman–Crippen MR) is 67.5 cm³/mol. The number of aryl methyl sites for hydroxylation is 1. The van der Waals surface area contributed by atoms with Crippen molar-refractivity contribution >= 4 is 0 Å². The molecule has 0 radical (unpaired) electrons. The van der Waals surface area contributed by atoms with Gasteiger partial charge in [-0.05, 0) is 32.0 Å². The Labute approximate surface area is 101 Å². The van der Waals surface area contributed by atoms with Crippen LogP contribution in [0.3, 0.4) is 0 Å². The van der Waals surface area contributed by atoms with Gasteiger partial charge in [0.25, 0.3) is 0 Å². The first-order chi connectivity index (χ1) is 8.13. The van der Waals surface area contributed by atoms with E-state index in [2.05, 4.69) is 5.10 Å². The summed E-state index contributed by atoms with van der Waals surface area (Å²) >= 11 is 0. The smallest absolute Gasteiger partial charge is 0.125 e. The maximum atomic E-state index is 6.01. The highest BCUT2D eigenvalue weighted by Gasteiger charge is 2.14. The van der Waals surface area contributed by atoms with E-state index in [1.807, 2.05) is 49.0 Å². The van der Waals surface area contributed by atoms with Crippen LogP contribution in [0.2, 0.25) is 0 Å². The van der Waals surface area contributed by atoms with Gasteiger partial charge in [0.05, 0.1) is 18.5 Å². The fourth-order valence-electron chi connectivity index (χ4n) is 1.92. The standard InChI is InChI=1S/C13H17N3O/c1-9-7-8-16(15-9)11-5-4-6-12(17-3)13(11)10(2)14/h4-8,10H,14H2,1-3H3. The minimum Gasteiger partial charge on any atom is -0.496 e. The maximum Gasteiger partial charge on any atom is 0.125 e. The summed E-state index contributed by atoms with van der Waals surface area (Å²) in [6.07, 6.45) is 1.93. The number of hydrogen-bond donors (Lipinski definition) is 1. The van der Waals surface area contributed by atoms with E-state index in [0.717, 1.165) is 22.7 Å². The SMILES string of the molecule is COc1cccc(-n2ccc(C)n2)c1C(C)N. The van der Waals surface area contributed by atoms with Crippen molar-refractivity contribution in [2.45, 2.75) is 19.9 Å². The van der Waals surface area contributed by atoms with Gasteiger partial charge in [-0.2, -0.15) is 5.10 Å². The first-order valence-corrected chi connectivity index (χ1v) is 5.58. The molecule has 0 fully saturated rings. The third-order valence-corrected chi connectivity index (χ3v) is 2.69. The summed E-state index contributed by atoms with van der Waals surface area (Å²) in [4.78, 5) is 0. The van der Waals surface area contributed by atoms with Crippen LogP contribution in [0.1, 0.15) is 24.2 Å². The Morgan fingerprint density at radius 1 is 1.35 bits per heavy atom. The van der Waals surface area contributed by atoms with Gasteiger partial charge in [0.15, 0.2) is 0 Å². The van der Waals surface area contributed by atoms with E-state index in [1.54, 1.807) is 7.11 Å². The summed E-state index contributed by atoms with van der Waals surface area (Å²) in [5, 5.41) is 4.40. The highest BCUT2D eigenvalue weighted by Crippen LogP contribution is 2.29. The minimum atomic E-state index is -0.106. The highest BCUT2D eigenvalue weighted by molar-refractivity contribution is 5.51. The molecule has 0 aliphatic carbocycles. The van der Waals surface area contributed by atoms with Crippen LogP contribution in [-0.2, 0) is 0 Å². The number of nitrogens with two attached hydrogens (primary N) is 1. The Hall–Kier alpha value is -1.81. The van der Waals surface area contributed by atoms with E-state index in [4.69, 9.17) is 10.5 Å². The molecule has 90 valence electrons. The molecule has 0 saturated heterocycles. The van der Waals surface area contributed by atoms with Gasteiger partial charge in [0.2, 0.25) is 0 Å². The molecule has 2 N–H and O–H groups in total. The molecule has 1 aromatic carbocycles. The van der Waals surface area contributed by atoms with E-state index in [-0.39, 0.29) is 6.04 Å². The Morgan fingerprint density at radius 3 is 2.65 bits per heavy atom. The average molecular weight is 231 g/mol. The van der Waals surface area contributed by atoms with Gasteiger partial charge in [-0.15, -0.1) is 0 Å². The van der Waals surface area contributed by atoms with Crippen molar-refractivity contribution in [3.05, 3.63) is 41.7 Å². The van der Waals surface area contributed by atoms with E-state index in [9.17, 15) is 0 Å². The molecule has 2 rings (SSSR count). The average Bonchev–Trinajstić information content (AvgIpc) is 2.74. The summed E-state index contributed by atoms with van der Waals surface area (Å²) in [6.45, 7) is 3.90. The van der Waals surface area contributed by atoms with Crippen molar-refractivity contribution in [1.29, 1.82) is 0 Å². The van der Waals surface area contributed by atoms with Crippen LogP contribution in [0.25, 0.3) is 5.69 Å². The second-order valence-corrected chi connectivity index (χ2v) is 4.08. The summed E-state index contributed by atoms with van der Waals surface area (Å²) in [7, 11) is 1.65.